The molecule has 0 bridgehead atoms. The van der Waals surface area contributed by atoms with Crippen molar-refractivity contribution in [3.8, 4) is 50.2 Å². The molecule has 2 aromatic heterocycles. The first-order valence-electron chi connectivity index (χ1n) is 24.3. The summed E-state index contributed by atoms with van der Waals surface area (Å²) in [5, 5.41) is 9.67. The third kappa shape index (κ3) is 6.82. The lowest BCUT2D eigenvalue weighted by Gasteiger charge is -2.28. The summed E-state index contributed by atoms with van der Waals surface area (Å²) in [6, 6.07) is 96.6. The van der Waals surface area contributed by atoms with E-state index in [1.54, 1.807) is 0 Å². The quantitative estimate of drug-likeness (QED) is 0.142. The first-order valence-corrected chi connectivity index (χ1v) is 24.3. The largest absolute Gasteiger partial charge is 0.455 e. The van der Waals surface area contributed by atoms with Crippen LogP contribution in [0.4, 0.5) is 17.1 Å². The molecule has 0 radical (unpaired) electrons. The van der Waals surface area contributed by atoms with Crippen molar-refractivity contribution >= 4 is 82.4 Å². The van der Waals surface area contributed by atoms with Gasteiger partial charge in [-0.25, -0.2) is 0 Å². The van der Waals surface area contributed by atoms with E-state index >= 15 is 0 Å². The topological polar surface area (TPSA) is 21.3 Å². The van der Waals surface area contributed by atoms with Gasteiger partial charge in [0.15, 0.2) is 0 Å². The SMILES string of the molecule is c1cc(-c2ccc(N(c3ccc(-c4ccc(-c5ccccc5-n5c6ccccc6c6ccccc65)cc4)cc3)c3cc4ccccc4c4ccccc34)cc2)cc(-c2cccc3c2oc2ccccc23)c1. The van der Waals surface area contributed by atoms with Crippen LogP contribution in [0.15, 0.2) is 271 Å². The van der Waals surface area contributed by atoms with Gasteiger partial charge in [0.2, 0.25) is 0 Å². The molecular formula is C68H44N2O. The van der Waals surface area contributed by atoms with E-state index in [0.29, 0.717) is 0 Å². The Bertz CT molecular complexity index is 4280. The predicted octanol–water partition coefficient (Wildman–Crippen LogP) is 19.1. The van der Waals surface area contributed by atoms with Crippen LogP contribution >= 0.6 is 0 Å². The van der Waals surface area contributed by atoms with Crippen LogP contribution in [0.1, 0.15) is 0 Å². The predicted molar refractivity (Wildman–Crippen MR) is 299 cm³/mol. The summed E-state index contributed by atoms with van der Waals surface area (Å²) >= 11 is 0. The number of para-hydroxylation sites is 5. The van der Waals surface area contributed by atoms with Crippen LogP contribution in [0, 0.1) is 0 Å². The first-order chi connectivity index (χ1) is 35.2. The third-order valence-corrected chi connectivity index (χ3v) is 14.4. The molecule has 12 aromatic carbocycles. The van der Waals surface area contributed by atoms with Crippen LogP contribution in [-0.2, 0) is 0 Å². The average molecular weight is 905 g/mol. The standard InChI is InChI=1S/C68H44N2O/c1-2-18-54-51(15-1)44-66(58-21-4-3-20-57(54)58)69(53-41-37-47(38-42-53)49-16-13-17-50(43-49)56-25-14-26-62-61-24-8-12-30-67(61)71-68(56)62)52-39-35-46(36-40-52)45-31-33-48(34-32-45)55-19-5-9-27-63(55)70-64-28-10-6-22-59(64)60-23-7-11-29-65(60)70/h1-44H. The Morgan fingerprint density at radius 1 is 0.296 bits per heavy atom. The summed E-state index contributed by atoms with van der Waals surface area (Å²) in [7, 11) is 0. The number of aromatic nitrogens is 1. The molecule has 0 aliphatic rings. The van der Waals surface area contributed by atoms with Gasteiger partial charge < -0.3 is 13.9 Å². The zero-order valence-electron chi connectivity index (χ0n) is 38.7. The number of rotatable bonds is 8. The number of nitrogens with zero attached hydrogens (tertiary/aromatic N) is 2. The Hall–Kier alpha value is -9.44. The summed E-state index contributed by atoms with van der Waals surface area (Å²) < 4.78 is 8.86. The molecule has 0 saturated heterocycles. The van der Waals surface area contributed by atoms with Gasteiger partial charge in [-0.05, 0) is 110 Å². The molecule has 2 heterocycles. The summed E-state index contributed by atoms with van der Waals surface area (Å²) in [5.74, 6) is 0. The molecule has 71 heavy (non-hydrogen) atoms. The van der Waals surface area contributed by atoms with Gasteiger partial charge in [-0.2, -0.15) is 0 Å². The maximum atomic E-state index is 6.45. The Morgan fingerprint density at radius 2 is 0.789 bits per heavy atom. The van der Waals surface area contributed by atoms with Crippen LogP contribution in [0.3, 0.4) is 0 Å². The van der Waals surface area contributed by atoms with Crippen molar-refractivity contribution in [1.82, 2.24) is 4.57 Å². The van der Waals surface area contributed by atoms with E-state index in [-0.39, 0.29) is 0 Å². The van der Waals surface area contributed by atoms with E-state index in [0.717, 1.165) is 66.8 Å². The van der Waals surface area contributed by atoms with Gasteiger partial charge in [0.25, 0.3) is 0 Å². The van der Waals surface area contributed by atoms with Crippen molar-refractivity contribution in [2.45, 2.75) is 0 Å². The smallest absolute Gasteiger partial charge is 0.143 e. The lowest BCUT2D eigenvalue weighted by molar-refractivity contribution is 0.670. The van der Waals surface area contributed by atoms with Crippen LogP contribution < -0.4 is 4.90 Å². The van der Waals surface area contributed by atoms with Crippen LogP contribution in [0.25, 0.3) is 115 Å². The lowest BCUT2D eigenvalue weighted by atomic mass is 9.97. The van der Waals surface area contributed by atoms with Gasteiger partial charge in [0.1, 0.15) is 11.2 Å². The molecule has 0 atom stereocenters. The zero-order valence-corrected chi connectivity index (χ0v) is 38.7. The number of hydrogen-bond donors (Lipinski definition) is 0. The number of fused-ring (bicyclic) bond motifs is 9. The molecule has 3 heteroatoms. The highest BCUT2D eigenvalue weighted by Crippen LogP contribution is 2.44. The molecule has 0 aliphatic carbocycles. The molecule has 0 N–H and O–H groups in total. The molecule has 0 unspecified atom stereocenters. The van der Waals surface area contributed by atoms with Crippen LogP contribution in [-0.4, -0.2) is 4.57 Å². The second kappa shape index (κ2) is 16.7. The minimum Gasteiger partial charge on any atom is -0.455 e. The number of furan rings is 1. The summed E-state index contributed by atoms with van der Waals surface area (Å²) in [4.78, 5) is 2.41. The molecule has 3 nitrogen and oxygen atoms in total. The van der Waals surface area contributed by atoms with E-state index in [1.165, 1.54) is 65.7 Å². The highest BCUT2D eigenvalue weighted by Gasteiger charge is 2.20. The molecule has 0 saturated carbocycles. The van der Waals surface area contributed by atoms with Gasteiger partial charge in [-0.3, -0.25) is 0 Å². The highest BCUT2D eigenvalue weighted by atomic mass is 16.3. The first kappa shape index (κ1) is 40.6. The van der Waals surface area contributed by atoms with E-state index < -0.39 is 0 Å². The Labute approximate surface area is 411 Å². The molecule has 14 aromatic rings. The Balaban J connectivity index is 0.827. The highest BCUT2D eigenvalue weighted by molar-refractivity contribution is 6.15. The van der Waals surface area contributed by atoms with Gasteiger partial charge in [0, 0.05) is 49.4 Å². The molecule has 0 fully saturated rings. The van der Waals surface area contributed by atoms with Crippen LogP contribution in [0.2, 0.25) is 0 Å². The van der Waals surface area contributed by atoms with E-state index in [1.807, 2.05) is 12.1 Å². The summed E-state index contributed by atoms with van der Waals surface area (Å²) in [6.07, 6.45) is 0. The van der Waals surface area contributed by atoms with Crippen molar-refractivity contribution in [2.24, 2.45) is 0 Å². The van der Waals surface area contributed by atoms with Gasteiger partial charge in [0.05, 0.1) is 22.4 Å². The van der Waals surface area contributed by atoms with Gasteiger partial charge in [-0.1, -0.05) is 206 Å². The average Bonchev–Trinajstić information content (AvgIpc) is 4.00. The number of benzene rings is 12. The Kier molecular flexibility index (Phi) is 9.53. The van der Waals surface area contributed by atoms with Crippen LogP contribution in [0.5, 0.6) is 0 Å². The Morgan fingerprint density at radius 3 is 1.51 bits per heavy atom. The lowest BCUT2D eigenvalue weighted by Crippen LogP contribution is -2.10. The van der Waals surface area contributed by atoms with E-state index in [9.17, 15) is 0 Å². The number of anilines is 3. The fraction of sp³-hybridized carbons (Fsp3) is 0. The fourth-order valence-electron chi connectivity index (χ4n) is 11.0. The molecular weight excluding hydrogens is 861 g/mol. The molecule has 0 amide bonds. The minimum atomic E-state index is 0.906. The molecule has 332 valence electrons. The zero-order chi connectivity index (χ0) is 46.8. The second-order valence-electron chi connectivity index (χ2n) is 18.4. The third-order valence-electron chi connectivity index (χ3n) is 14.4. The summed E-state index contributed by atoms with van der Waals surface area (Å²) in [5.41, 5.74) is 17.9. The van der Waals surface area contributed by atoms with E-state index in [2.05, 4.69) is 264 Å². The maximum Gasteiger partial charge on any atom is 0.143 e. The van der Waals surface area contributed by atoms with Gasteiger partial charge >= 0.3 is 0 Å². The fourth-order valence-corrected chi connectivity index (χ4v) is 11.0. The van der Waals surface area contributed by atoms with Gasteiger partial charge in [-0.15, -0.1) is 0 Å². The molecule has 14 rings (SSSR count). The van der Waals surface area contributed by atoms with Crippen molar-refractivity contribution in [3.05, 3.63) is 267 Å². The summed E-state index contributed by atoms with van der Waals surface area (Å²) in [6.45, 7) is 0. The molecule has 0 aliphatic heterocycles. The van der Waals surface area contributed by atoms with E-state index in [4.69, 9.17) is 4.42 Å². The molecule has 0 spiro atoms. The van der Waals surface area contributed by atoms with Crippen molar-refractivity contribution in [3.63, 3.8) is 0 Å². The normalized spacial score (nSPS) is 11.7. The second-order valence-corrected chi connectivity index (χ2v) is 18.4. The minimum absolute atomic E-state index is 0.906. The van der Waals surface area contributed by atoms with Crippen molar-refractivity contribution in [1.29, 1.82) is 0 Å². The van der Waals surface area contributed by atoms with Crippen molar-refractivity contribution in [2.75, 3.05) is 4.90 Å². The monoisotopic (exact) mass is 904 g/mol. The number of hydrogen-bond acceptors (Lipinski definition) is 2. The maximum absolute atomic E-state index is 6.45. The van der Waals surface area contributed by atoms with Crippen molar-refractivity contribution < 1.29 is 4.42 Å².